The van der Waals surface area contributed by atoms with Crippen LogP contribution in [0, 0.1) is 0 Å². The number of hydrogen-bond acceptors (Lipinski definition) is 4. The fourth-order valence-electron chi connectivity index (χ4n) is 1.48. The second-order valence-electron chi connectivity index (χ2n) is 3.40. The van der Waals surface area contributed by atoms with E-state index >= 15 is 0 Å². The van der Waals surface area contributed by atoms with Crippen LogP contribution in [-0.2, 0) is 14.1 Å². The molecule has 0 aliphatic carbocycles. The summed E-state index contributed by atoms with van der Waals surface area (Å²) in [5.41, 5.74) is 4.29. The number of aromatic nitrogens is 2. The van der Waals surface area contributed by atoms with E-state index in [9.17, 15) is 14.4 Å². The van der Waals surface area contributed by atoms with E-state index in [1.807, 2.05) is 0 Å². The first kappa shape index (κ1) is 10.6. The first-order valence-electron chi connectivity index (χ1n) is 4.43. The van der Waals surface area contributed by atoms with Gasteiger partial charge in [-0.25, -0.2) is 4.79 Å². The molecule has 2 aromatic rings. The highest BCUT2D eigenvalue weighted by Crippen LogP contribution is 2.20. The van der Waals surface area contributed by atoms with Crippen molar-refractivity contribution in [3.05, 3.63) is 31.8 Å². The van der Waals surface area contributed by atoms with Gasteiger partial charge in [-0.15, -0.1) is 11.3 Å². The lowest BCUT2D eigenvalue weighted by molar-refractivity contribution is 0.100. The minimum Gasteiger partial charge on any atom is -0.365 e. The van der Waals surface area contributed by atoms with Gasteiger partial charge in [0.2, 0.25) is 0 Å². The van der Waals surface area contributed by atoms with Crippen LogP contribution in [0.1, 0.15) is 9.67 Å². The van der Waals surface area contributed by atoms with Crippen molar-refractivity contribution in [1.29, 1.82) is 0 Å². The van der Waals surface area contributed by atoms with Crippen LogP contribution < -0.4 is 17.0 Å². The zero-order valence-corrected chi connectivity index (χ0v) is 9.50. The van der Waals surface area contributed by atoms with Crippen LogP contribution in [0.25, 0.3) is 10.2 Å². The molecule has 16 heavy (non-hydrogen) atoms. The Hall–Kier alpha value is -1.89. The number of nitrogens with zero attached hydrogens (tertiary/aromatic N) is 2. The van der Waals surface area contributed by atoms with Crippen molar-refractivity contribution in [3.8, 4) is 0 Å². The van der Waals surface area contributed by atoms with Crippen molar-refractivity contribution in [1.82, 2.24) is 9.13 Å². The number of thiophene rings is 1. The molecular weight excluding hydrogens is 230 g/mol. The summed E-state index contributed by atoms with van der Waals surface area (Å²) < 4.78 is 2.33. The number of rotatable bonds is 1. The van der Waals surface area contributed by atoms with Crippen LogP contribution in [0.4, 0.5) is 0 Å². The monoisotopic (exact) mass is 239 g/mol. The minimum atomic E-state index is -0.601. The molecule has 0 atom stereocenters. The molecule has 0 aromatic carbocycles. The van der Waals surface area contributed by atoms with Crippen molar-refractivity contribution in [2.75, 3.05) is 0 Å². The third-order valence-electron chi connectivity index (χ3n) is 2.37. The van der Waals surface area contributed by atoms with Crippen molar-refractivity contribution in [2.24, 2.45) is 19.8 Å². The lowest BCUT2D eigenvalue weighted by Crippen LogP contribution is -2.36. The number of aryl methyl sites for hydroxylation is 1. The molecule has 1 amide bonds. The van der Waals surface area contributed by atoms with E-state index in [1.165, 1.54) is 17.7 Å². The van der Waals surface area contributed by atoms with E-state index in [1.54, 1.807) is 7.05 Å². The predicted molar refractivity (Wildman–Crippen MR) is 60.8 cm³/mol. The number of primary amides is 1. The number of hydrogen-bond donors (Lipinski definition) is 1. The topological polar surface area (TPSA) is 87.1 Å². The Balaban J connectivity index is 3.04. The Kier molecular flexibility index (Phi) is 2.20. The Morgan fingerprint density at radius 3 is 2.50 bits per heavy atom. The molecule has 2 aromatic heterocycles. The average Bonchev–Trinajstić information content (AvgIpc) is 2.68. The zero-order chi connectivity index (χ0) is 12.0. The van der Waals surface area contributed by atoms with Gasteiger partial charge in [-0.1, -0.05) is 0 Å². The zero-order valence-electron chi connectivity index (χ0n) is 8.68. The summed E-state index contributed by atoms with van der Waals surface area (Å²) >= 11 is 1.04. The van der Waals surface area contributed by atoms with Crippen LogP contribution in [0.2, 0.25) is 0 Å². The van der Waals surface area contributed by atoms with E-state index in [0.717, 1.165) is 15.9 Å². The number of carbonyl (C=O) groups excluding carboxylic acids is 1. The normalized spacial score (nSPS) is 10.9. The first-order chi connectivity index (χ1) is 7.43. The van der Waals surface area contributed by atoms with Gasteiger partial charge in [0.05, 0.1) is 10.3 Å². The van der Waals surface area contributed by atoms with Gasteiger partial charge in [0.25, 0.3) is 11.5 Å². The molecular formula is C9H9N3O3S. The largest absolute Gasteiger partial charge is 0.365 e. The van der Waals surface area contributed by atoms with Crippen LogP contribution in [0.3, 0.4) is 0 Å². The van der Waals surface area contributed by atoms with Gasteiger partial charge in [0.15, 0.2) is 0 Å². The number of carbonyl (C=O) groups is 1. The molecule has 0 saturated carbocycles. The Morgan fingerprint density at radius 2 is 1.94 bits per heavy atom. The smallest absolute Gasteiger partial charge is 0.331 e. The lowest BCUT2D eigenvalue weighted by atomic mass is 10.3. The number of amides is 1. The third-order valence-corrected chi connectivity index (χ3v) is 3.59. The van der Waals surface area contributed by atoms with Gasteiger partial charge in [0, 0.05) is 14.1 Å². The fourth-order valence-corrected chi connectivity index (χ4v) is 2.44. The molecule has 2 heterocycles. The highest BCUT2D eigenvalue weighted by atomic mass is 32.1. The Labute approximate surface area is 93.5 Å². The van der Waals surface area contributed by atoms with Gasteiger partial charge in [-0.05, 0) is 6.07 Å². The molecule has 2 N–H and O–H groups in total. The standard InChI is InChI=1S/C9H9N3O3S/c1-11-7(14)4-3-5(6(10)13)16-8(4)12(2)9(11)15/h3H,1-2H3,(H2,10,13). The predicted octanol–water partition coefficient (Wildman–Crippen LogP) is -0.602. The fraction of sp³-hybridized carbons (Fsp3) is 0.222. The second-order valence-corrected chi connectivity index (χ2v) is 4.43. The molecule has 0 fully saturated rings. The molecule has 84 valence electrons. The average molecular weight is 239 g/mol. The highest BCUT2D eigenvalue weighted by Gasteiger charge is 2.14. The maximum absolute atomic E-state index is 11.7. The van der Waals surface area contributed by atoms with Crippen LogP contribution >= 0.6 is 11.3 Å². The quantitative estimate of drug-likeness (QED) is 0.720. The van der Waals surface area contributed by atoms with Gasteiger partial charge in [-0.3, -0.25) is 18.7 Å². The van der Waals surface area contributed by atoms with Gasteiger partial charge in [-0.2, -0.15) is 0 Å². The number of nitrogens with two attached hydrogens (primary N) is 1. The van der Waals surface area contributed by atoms with E-state index in [4.69, 9.17) is 5.73 Å². The molecule has 0 aliphatic heterocycles. The number of fused-ring (bicyclic) bond motifs is 1. The molecule has 6 nitrogen and oxygen atoms in total. The second kappa shape index (κ2) is 3.31. The van der Waals surface area contributed by atoms with E-state index in [-0.39, 0.29) is 4.88 Å². The first-order valence-corrected chi connectivity index (χ1v) is 5.24. The maximum atomic E-state index is 11.7. The van der Waals surface area contributed by atoms with Gasteiger partial charge < -0.3 is 5.73 Å². The van der Waals surface area contributed by atoms with Crippen molar-refractivity contribution in [2.45, 2.75) is 0 Å². The van der Waals surface area contributed by atoms with E-state index < -0.39 is 17.2 Å². The van der Waals surface area contributed by atoms with E-state index in [0.29, 0.717) is 10.2 Å². The van der Waals surface area contributed by atoms with Crippen LogP contribution in [0.5, 0.6) is 0 Å². The summed E-state index contributed by atoms with van der Waals surface area (Å²) in [6, 6.07) is 1.42. The molecule has 0 aliphatic rings. The summed E-state index contributed by atoms with van der Waals surface area (Å²) in [5.74, 6) is -0.601. The highest BCUT2D eigenvalue weighted by molar-refractivity contribution is 7.20. The summed E-state index contributed by atoms with van der Waals surface area (Å²) in [6.45, 7) is 0. The molecule has 2 rings (SSSR count). The molecule has 7 heteroatoms. The SMILES string of the molecule is Cn1c(=O)c2cc(C(N)=O)sc2n(C)c1=O. The molecule has 0 spiro atoms. The van der Waals surface area contributed by atoms with Crippen LogP contribution in [0.15, 0.2) is 15.7 Å². The molecule has 0 saturated heterocycles. The summed E-state index contributed by atoms with van der Waals surface area (Å²) in [5, 5.41) is 0.336. The van der Waals surface area contributed by atoms with Crippen LogP contribution in [-0.4, -0.2) is 15.0 Å². The Morgan fingerprint density at radius 1 is 1.31 bits per heavy atom. The molecule has 0 radical (unpaired) electrons. The van der Waals surface area contributed by atoms with Crippen molar-refractivity contribution < 1.29 is 4.79 Å². The van der Waals surface area contributed by atoms with Crippen molar-refractivity contribution in [3.63, 3.8) is 0 Å². The summed E-state index contributed by atoms with van der Waals surface area (Å²) in [4.78, 5) is 35.1. The van der Waals surface area contributed by atoms with Gasteiger partial charge >= 0.3 is 5.69 Å². The minimum absolute atomic E-state index is 0.272. The van der Waals surface area contributed by atoms with E-state index in [2.05, 4.69) is 0 Å². The summed E-state index contributed by atoms with van der Waals surface area (Å²) in [7, 11) is 2.94. The maximum Gasteiger partial charge on any atom is 0.331 e. The Bertz CT molecular complexity index is 707. The lowest BCUT2D eigenvalue weighted by Gasteiger charge is -2.01. The molecule has 0 unspecified atom stereocenters. The third kappa shape index (κ3) is 1.28. The van der Waals surface area contributed by atoms with Crippen molar-refractivity contribution >= 4 is 27.5 Å². The summed E-state index contributed by atoms with van der Waals surface area (Å²) in [6.07, 6.45) is 0. The molecule has 0 bridgehead atoms. The van der Waals surface area contributed by atoms with Gasteiger partial charge in [0.1, 0.15) is 4.83 Å².